The van der Waals surface area contributed by atoms with Crippen molar-refractivity contribution in [1.82, 2.24) is 5.32 Å². The lowest BCUT2D eigenvalue weighted by Crippen LogP contribution is -2.26. The van der Waals surface area contributed by atoms with Crippen molar-refractivity contribution in [2.45, 2.75) is 31.6 Å². The van der Waals surface area contributed by atoms with Crippen LogP contribution in [0.4, 0.5) is 0 Å². The molecule has 1 saturated carbocycles. The number of hydrogen-bond acceptors (Lipinski definition) is 1. The van der Waals surface area contributed by atoms with E-state index in [2.05, 4.69) is 40.0 Å². The van der Waals surface area contributed by atoms with Crippen LogP contribution in [0.1, 0.15) is 37.2 Å². The van der Waals surface area contributed by atoms with Gasteiger partial charge in [0.25, 0.3) is 0 Å². The van der Waals surface area contributed by atoms with Crippen LogP contribution in [-0.2, 0) is 4.79 Å². The van der Waals surface area contributed by atoms with Gasteiger partial charge in [0.05, 0.1) is 0 Å². The third-order valence-electron chi connectivity index (χ3n) is 3.46. The molecule has 0 heterocycles. The Hall–Kier alpha value is -0.580. The highest BCUT2D eigenvalue weighted by Crippen LogP contribution is 2.47. The SMILES string of the molecule is O=C(NCCCCCI)C1CC1c1ccccc1. The molecule has 2 unspecified atom stereocenters. The number of alkyl halides is 1. The first-order valence-corrected chi connectivity index (χ1v) is 8.24. The van der Waals surface area contributed by atoms with Crippen LogP contribution in [0.25, 0.3) is 0 Å². The quantitative estimate of drug-likeness (QED) is 0.452. The van der Waals surface area contributed by atoms with Gasteiger partial charge in [0.15, 0.2) is 0 Å². The van der Waals surface area contributed by atoms with Crippen LogP contribution in [0, 0.1) is 5.92 Å². The summed E-state index contributed by atoms with van der Waals surface area (Å²) in [5.41, 5.74) is 1.31. The van der Waals surface area contributed by atoms with E-state index in [4.69, 9.17) is 0 Å². The monoisotopic (exact) mass is 357 g/mol. The fourth-order valence-electron chi connectivity index (χ4n) is 2.29. The largest absolute Gasteiger partial charge is 0.356 e. The predicted octanol–water partition coefficient (Wildman–Crippen LogP) is 3.51. The lowest BCUT2D eigenvalue weighted by atomic mass is 10.1. The molecule has 2 atom stereocenters. The second-order valence-corrected chi connectivity index (χ2v) is 5.98. The number of halogens is 1. The number of rotatable bonds is 7. The summed E-state index contributed by atoms with van der Waals surface area (Å²) in [7, 11) is 0. The van der Waals surface area contributed by atoms with Crippen molar-refractivity contribution in [2.24, 2.45) is 5.92 Å². The van der Waals surface area contributed by atoms with E-state index in [1.807, 2.05) is 18.2 Å². The summed E-state index contributed by atoms with van der Waals surface area (Å²) in [6.07, 6.45) is 4.60. The summed E-state index contributed by atoms with van der Waals surface area (Å²) in [4.78, 5) is 11.9. The molecule has 0 saturated heterocycles. The maximum absolute atomic E-state index is 11.9. The lowest BCUT2D eigenvalue weighted by Gasteiger charge is -2.04. The normalized spacial score (nSPS) is 21.6. The molecule has 3 heteroatoms. The van der Waals surface area contributed by atoms with E-state index in [0.29, 0.717) is 5.92 Å². The smallest absolute Gasteiger partial charge is 0.223 e. The van der Waals surface area contributed by atoms with Gasteiger partial charge in [0.2, 0.25) is 5.91 Å². The lowest BCUT2D eigenvalue weighted by molar-refractivity contribution is -0.122. The van der Waals surface area contributed by atoms with Crippen LogP contribution in [0.5, 0.6) is 0 Å². The molecule has 0 radical (unpaired) electrons. The first kappa shape index (κ1) is 13.8. The molecule has 0 spiro atoms. The van der Waals surface area contributed by atoms with Crippen LogP contribution in [0.2, 0.25) is 0 Å². The highest BCUT2D eigenvalue weighted by molar-refractivity contribution is 14.1. The molecule has 1 aliphatic rings. The Morgan fingerprint density at radius 2 is 2.00 bits per heavy atom. The minimum absolute atomic E-state index is 0.219. The minimum atomic E-state index is 0.219. The molecule has 98 valence electrons. The molecule has 1 aromatic carbocycles. The molecular formula is C15H20INO. The van der Waals surface area contributed by atoms with Crippen LogP contribution >= 0.6 is 22.6 Å². The maximum atomic E-state index is 11.9. The maximum Gasteiger partial charge on any atom is 0.223 e. The molecular weight excluding hydrogens is 337 g/mol. The molecule has 2 nitrogen and oxygen atoms in total. The van der Waals surface area contributed by atoms with Gasteiger partial charge in [-0.1, -0.05) is 59.3 Å². The van der Waals surface area contributed by atoms with Crippen LogP contribution in [0.3, 0.4) is 0 Å². The molecule has 1 aliphatic carbocycles. The van der Waals surface area contributed by atoms with E-state index in [-0.39, 0.29) is 11.8 Å². The zero-order chi connectivity index (χ0) is 12.8. The van der Waals surface area contributed by atoms with Gasteiger partial charge in [0.1, 0.15) is 0 Å². The summed E-state index contributed by atoms with van der Waals surface area (Å²) in [5.74, 6) is 0.927. The van der Waals surface area contributed by atoms with Crippen molar-refractivity contribution in [2.75, 3.05) is 11.0 Å². The van der Waals surface area contributed by atoms with Gasteiger partial charge in [-0.15, -0.1) is 0 Å². The fourth-order valence-corrected chi connectivity index (χ4v) is 2.83. The molecule has 18 heavy (non-hydrogen) atoms. The highest BCUT2D eigenvalue weighted by Gasteiger charge is 2.43. The minimum Gasteiger partial charge on any atom is -0.356 e. The highest BCUT2D eigenvalue weighted by atomic mass is 127. The number of unbranched alkanes of at least 4 members (excludes halogenated alkanes) is 2. The zero-order valence-electron chi connectivity index (χ0n) is 10.6. The van der Waals surface area contributed by atoms with Gasteiger partial charge >= 0.3 is 0 Å². The summed E-state index contributed by atoms with van der Waals surface area (Å²) >= 11 is 2.39. The number of carbonyl (C=O) groups excluding carboxylic acids is 1. The van der Waals surface area contributed by atoms with E-state index < -0.39 is 0 Å². The fraction of sp³-hybridized carbons (Fsp3) is 0.533. The van der Waals surface area contributed by atoms with Gasteiger partial charge < -0.3 is 5.32 Å². The summed E-state index contributed by atoms with van der Waals surface area (Å²) in [6, 6.07) is 10.4. The third kappa shape index (κ3) is 3.97. The first-order valence-electron chi connectivity index (χ1n) is 6.71. The Balaban J connectivity index is 1.67. The van der Waals surface area contributed by atoms with Gasteiger partial charge in [-0.2, -0.15) is 0 Å². The van der Waals surface area contributed by atoms with Gasteiger partial charge in [-0.3, -0.25) is 4.79 Å². The Morgan fingerprint density at radius 1 is 1.22 bits per heavy atom. The van der Waals surface area contributed by atoms with E-state index in [1.54, 1.807) is 0 Å². The Bertz CT molecular complexity index is 379. The van der Waals surface area contributed by atoms with Crippen LogP contribution < -0.4 is 5.32 Å². The number of hydrogen-bond donors (Lipinski definition) is 1. The molecule has 1 N–H and O–H groups in total. The predicted molar refractivity (Wildman–Crippen MR) is 83.0 cm³/mol. The summed E-state index contributed by atoms with van der Waals surface area (Å²) < 4.78 is 1.21. The van der Waals surface area contributed by atoms with E-state index >= 15 is 0 Å². The Kier molecular flexibility index (Phi) is 5.47. The van der Waals surface area contributed by atoms with Crippen molar-refractivity contribution in [3.8, 4) is 0 Å². The Labute approximate surface area is 123 Å². The molecule has 0 aliphatic heterocycles. The van der Waals surface area contributed by atoms with Crippen LogP contribution in [-0.4, -0.2) is 16.9 Å². The van der Waals surface area contributed by atoms with Crippen molar-refractivity contribution in [3.63, 3.8) is 0 Å². The molecule has 1 amide bonds. The average Bonchev–Trinajstić information content (AvgIpc) is 3.20. The molecule has 0 bridgehead atoms. The van der Waals surface area contributed by atoms with Gasteiger partial charge in [-0.05, 0) is 35.2 Å². The average molecular weight is 357 g/mol. The zero-order valence-corrected chi connectivity index (χ0v) is 12.7. The summed E-state index contributed by atoms with van der Waals surface area (Å²) in [6.45, 7) is 0.841. The van der Waals surface area contributed by atoms with Gasteiger partial charge in [0, 0.05) is 12.5 Å². The third-order valence-corrected chi connectivity index (χ3v) is 4.23. The first-order chi connectivity index (χ1) is 8.83. The van der Waals surface area contributed by atoms with Crippen molar-refractivity contribution >= 4 is 28.5 Å². The molecule has 1 fully saturated rings. The topological polar surface area (TPSA) is 29.1 Å². The van der Waals surface area contributed by atoms with E-state index in [9.17, 15) is 4.79 Å². The molecule has 1 aromatic rings. The molecule has 2 rings (SSSR count). The van der Waals surface area contributed by atoms with Crippen molar-refractivity contribution in [1.29, 1.82) is 0 Å². The Morgan fingerprint density at radius 3 is 2.72 bits per heavy atom. The van der Waals surface area contributed by atoms with Crippen LogP contribution in [0.15, 0.2) is 30.3 Å². The van der Waals surface area contributed by atoms with Crippen molar-refractivity contribution < 1.29 is 4.79 Å². The number of amides is 1. The molecule has 0 aromatic heterocycles. The number of benzene rings is 1. The summed E-state index contributed by atoms with van der Waals surface area (Å²) in [5, 5.41) is 3.06. The number of nitrogens with one attached hydrogen (secondary N) is 1. The standard InChI is InChI=1S/C15H20INO/c16-9-5-2-6-10-17-15(18)14-11-13(14)12-7-3-1-4-8-12/h1,3-4,7-8,13-14H,2,5-6,9-11H2,(H,17,18). The van der Waals surface area contributed by atoms with E-state index in [1.165, 1.54) is 22.8 Å². The van der Waals surface area contributed by atoms with Gasteiger partial charge in [-0.25, -0.2) is 0 Å². The van der Waals surface area contributed by atoms with Crippen molar-refractivity contribution in [3.05, 3.63) is 35.9 Å². The second-order valence-electron chi connectivity index (χ2n) is 4.90. The van der Waals surface area contributed by atoms with E-state index in [0.717, 1.165) is 19.4 Å². The number of carbonyl (C=O) groups is 1. The second kappa shape index (κ2) is 7.12.